The van der Waals surface area contributed by atoms with E-state index in [1.165, 1.54) is 6.07 Å². The number of fused-ring (bicyclic) bond motifs is 1. The molecule has 0 amide bonds. The summed E-state index contributed by atoms with van der Waals surface area (Å²) >= 11 is 0. The van der Waals surface area contributed by atoms with Crippen LogP contribution in [0.3, 0.4) is 0 Å². The molecule has 0 fully saturated rings. The summed E-state index contributed by atoms with van der Waals surface area (Å²) in [6.45, 7) is 6.35. The first-order valence-corrected chi connectivity index (χ1v) is 11.5. The van der Waals surface area contributed by atoms with Crippen LogP contribution in [0.1, 0.15) is 37.1 Å². The predicted molar refractivity (Wildman–Crippen MR) is 108 cm³/mol. The molecule has 0 spiro atoms. The second-order valence-corrected chi connectivity index (χ2v) is 9.50. The van der Waals surface area contributed by atoms with Gasteiger partial charge in [0.25, 0.3) is 0 Å². The van der Waals surface area contributed by atoms with Crippen LogP contribution in [-0.4, -0.2) is 54.5 Å². The molecule has 10 heteroatoms. The van der Waals surface area contributed by atoms with Crippen LogP contribution < -0.4 is 9.46 Å². The fourth-order valence-electron chi connectivity index (χ4n) is 3.53. The fraction of sp³-hybridized carbons (Fsp3) is 0.579. The van der Waals surface area contributed by atoms with Crippen LogP contribution in [0.25, 0.3) is 0 Å². The van der Waals surface area contributed by atoms with Crippen molar-refractivity contribution >= 4 is 10.0 Å². The third-order valence-electron chi connectivity index (χ3n) is 5.08. The number of nitrogens with zero attached hydrogens (tertiary/aromatic N) is 4. The molecule has 160 valence electrons. The minimum atomic E-state index is -3.39. The Bertz CT molecular complexity index is 961. The number of nitrogens with one attached hydrogen (secondary N) is 1. The number of methoxy groups -OCH3 is 1. The van der Waals surface area contributed by atoms with Gasteiger partial charge >= 0.3 is 0 Å². The first-order chi connectivity index (χ1) is 13.7. The monoisotopic (exact) mass is 425 g/mol. The van der Waals surface area contributed by atoms with E-state index in [0.717, 1.165) is 12.1 Å². The van der Waals surface area contributed by atoms with Crippen molar-refractivity contribution in [2.24, 2.45) is 5.92 Å². The predicted octanol–water partition coefficient (Wildman–Crippen LogP) is 1.73. The zero-order valence-corrected chi connectivity index (χ0v) is 18.0. The summed E-state index contributed by atoms with van der Waals surface area (Å²) in [7, 11) is -1.83. The molecule has 1 aromatic heterocycles. The summed E-state index contributed by atoms with van der Waals surface area (Å²) in [6.07, 6.45) is 1.80. The Morgan fingerprint density at radius 1 is 1.24 bits per heavy atom. The van der Waals surface area contributed by atoms with Gasteiger partial charge in [-0.1, -0.05) is 13.8 Å². The molecule has 0 unspecified atom stereocenters. The molecular formula is C19H28FN5O3S. The number of hydrogen-bond acceptors (Lipinski definition) is 6. The topological polar surface area (TPSA) is 89.3 Å². The van der Waals surface area contributed by atoms with E-state index in [1.807, 2.05) is 18.4 Å². The van der Waals surface area contributed by atoms with Gasteiger partial charge in [-0.25, -0.2) is 17.5 Å². The number of sulfonamides is 1. The van der Waals surface area contributed by atoms with Crippen molar-refractivity contribution in [1.29, 1.82) is 0 Å². The lowest BCUT2D eigenvalue weighted by atomic mass is 10.1. The molecule has 1 atom stereocenters. The van der Waals surface area contributed by atoms with Gasteiger partial charge in [0, 0.05) is 38.2 Å². The normalized spacial score (nSPS) is 16.5. The number of halogens is 1. The van der Waals surface area contributed by atoms with Gasteiger partial charge in [0.2, 0.25) is 10.0 Å². The summed E-state index contributed by atoms with van der Waals surface area (Å²) in [5.41, 5.74) is 0.584. The standard InChI is InChI=1S/C19H28FN5O3S/c1-13(2)18(23-29(4,26)27)19-22-21-17-7-8-24(9-10-25(17)19)12-14-11-15(28-3)5-6-16(14)20/h5-6,11,13,18,23H,7-10,12H2,1-4H3/t18-/m0/s1. The van der Waals surface area contributed by atoms with Crippen molar-refractivity contribution in [2.75, 3.05) is 26.5 Å². The van der Waals surface area contributed by atoms with Crippen LogP contribution in [0, 0.1) is 11.7 Å². The molecule has 1 aliphatic rings. The van der Waals surface area contributed by atoms with Crippen LogP contribution in [-0.2, 0) is 29.5 Å². The van der Waals surface area contributed by atoms with E-state index in [9.17, 15) is 12.8 Å². The zero-order chi connectivity index (χ0) is 21.2. The first-order valence-electron chi connectivity index (χ1n) is 9.62. The van der Waals surface area contributed by atoms with Crippen molar-refractivity contribution < 1.29 is 17.5 Å². The molecule has 1 aliphatic heterocycles. The average molecular weight is 426 g/mol. The van der Waals surface area contributed by atoms with E-state index in [4.69, 9.17) is 4.74 Å². The Kier molecular flexibility index (Phi) is 6.55. The number of aromatic nitrogens is 3. The Hall–Kier alpha value is -2.04. The lowest BCUT2D eigenvalue weighted by Crippen LogP contribution is -2.33. The molecule has 0 bridgehead atoms. The van der Waals surface area contributed by atoms with Gasteiger partial charge in [-0.3, -0.25) is 4.90 Å². The van der Waals surface area contributed by atoms with Gasteiger partial charge in [-0.2, -0.15) is 0 Å². The van der Waals surface area contributed by atoms with Gasteiger partial charge < -0.3 is 9.30 Å². The Morgan fingerprint density at radius 2 is 2.00 bits per heavy atom. The smallest absolute Gasteiger partial charge is 0.209 e. The molecule has 29 heavy (non-hydrogen) atoms. The summed E-state index contributed by atoms with van der Waals surface area (Å²) in [6, 6.07) is 4.30. The lowest BCUT2D eigenvalue weighted by Gasteiger charge is -2.23. The molecule has 8 nitrogen and oxygen atoms in total. The Balaban J connectivity index is 1.77. The largest absolute Gasteiger partial charge is 0.497 e. The van der Waals surface area contributed by atoms with Gasteiger partial charge in [0.1, 0.15) is 17.4 Å². The summed E-state index contributed by atoms with van der Waals surface area (Å²) < 4.78 is 47.7. The van der Waals surface area contributed by atoms with Gasteiger partial charge in [0.15, 0.2) is 5.82 Å². The Morgan fingerprint density at radius 3 is 2.66 bits per heavy atom. The van der Waals surface area contributed by atoms with E-state index in [2.05, 4.69) is 19.8 Å². The average Bonchev–Trinajstić information content (AvgIpc) is 2.94. The number of hydrogen-bond donors (Lipinski definition) is 1. The van der Waals surface area contributed by atoms with Crippen molar-refractivity contribution in [3.63, 3.8) is 0 Å². The maximum Gasteiger partial charge on any atom is 0.209 e. The molecule has 1 aromatic carbocycles. The van der Waals surface area contributed by atoms with E-state index >= 15 is 0 Å². The summed E-state index contributed by atoms with van der Waals surface area (Å²) in [5, 5.41) is 8.58. The van der Waals surface area contributed by atoms with Crippen molar-refractivity contribution in [2.45, 2.75) is 39.4 Å². The molecular weight excluding hydrogens is 397 g/mol. The van der Waals surface area contributed by atoms with Gasteiger partial charge in [-0.15, -0.1) is 10.2 Å². The maximum absolute atomic E-state index is 14.2. The van der Waals surface area contributed by atoms with Crippen molar-refractivity contribution in [1.82, 2.24) is 24.4 Å². The SMILES string of the molecule is COc1ccc(F)c(CN2CCc3nnc([C@@H](NS(C)(=O)=O)C(C)C)n3CC2)c1. The number of benzene rings is 1. The zero-order valence-electron chi connectivity index (χ0n) is 17.2. The van der Waals surface area contributed by atoms with Crippen LogP contribution in [0.15, 0.2) is 18.2 Å². The lowest BCUT2D eigenvalue weighted by molar-refractivity contribution is 0.264. The quantitative estimate of drug-likeness (QED) is 0.727. The van der Waals surface area contributed by atoms with E-state index in [0.29, 0.717) is 49.7 Å². The first kappa shape index (κ1) is 21.7. The second-order valence-electron chi connectivity index (χ2n) is 7.72. The molecule has 0 radical (unpaired) electrons. The van der Waals surface area contributed by atoms with Crippen LogP contribution >= 0.6 is 0 Å². The highest BCUT2D eigenvalue weighted by Crippen LogP contribution is 2.24. The highest BCUT2D eigenvalue weighted by molar-refractivity contribution is 7.88. The number of rotatable bonds is 7. The van der Waals surface area contributed by atoms with Crippen molar-refractivity contribution in [3.05, 3.63) is 41.2 Å². The van der Waals surface area contributed by atoms with E-state index in [-0.39, 0.29) is 11.7 Å². The molecule has 0 aliphatic carbocycles. The second kappa shape index (κ2) is 8.76. The maximum atomic E-state index is 14.2. The van der Waals surface area contributed by atoms with Crippen LogP contribution in [0.4, 0.5) is 4.39 Å². The molecule has 1 N–H and O–H groups in total. The molecule has 0 saturated heterocycles. The van der Waals surface area contributed by atoms with Crippen molar-refractivity contribution in [3.8, 4) is 5.75 Å². The highest BCUT2D eigenvalue weighted by atomic mass is 32.2. The minimum absolute atomic E-state index is 0.0169. The molecule has 3 rings (SSSR count). The van der Waals surface area contributed by atoms with Crippen LogP contribution in [0.2, 0.25) is 0 Å². The molecule has 0 saturated carbocycles. The third kappa shape index (κ3) is 5.31. The van der Waals surface area contributed by atoms with Gasteiger partial charge in [-0.05, 0) is 24.1 Å². The third-order valence-corrected chi connectivity index (χ3v) is 5.76. The van der Waals surface area contributed by atoms with E-state index < -0.39 is 16.1 Å². The fourth-order valence-corrected chi connectivity index (χ4v) is 4.37. The number of ether oxygens (including phenoxy) is 1. The molecule has 2 aromatic rings. The summed E-state index contributed by atoms with van der Waals surface area (Å²) in [4.78, 5) is 2.16. The molecule has 2 heterocycles. The van der Waals surface area contributed by atoms with E-state index in [1.54, 1.807) is 19.2 Å². The minimum Gasteiger partial charge on any atom is -0.497 e. The summed E-state index contributed by atoms with van der Waals surface area (Å²) in [5.74, 6) is 1.82. The highest BCUT2D eigenvalue weighted by Gasteiger charge is 2.28. The Labute approximate surface area is 171 Å². The van der Waals surface area contributed by atoms with Gasteiger partial charge in [0.05, 0.1) is 19.4 Å². The van der Waals surface area contributed by atoms with Crippen LogP contribution in [0.5, 0.6) is 5.75 Å².